The smallest absolute Gasteiger partial charge is 0.481 e. The van der Waals surface area contributed by atoms with Crippen LogP contribution in [0.2, 0.25) is 0 Å². The third kappa shape index (κ3) is 9.95. The lowest BCUT2D eigenvalue weighted by molar-refractivity contribution is -0.148. The van der Waals surface area contributed by atoms with Crippen LogP contribution in [0.5, 0.6) is 0 Å². The topological polar surface area (TPSA) is 98.0 Å². The first kappa shape index (κ1) is 17.8. The second-order valence-corrected chi connectivity index (χ2v) is 4.50. The third-order valence-corrected chi connectivity index (χ3v) is 2.57. The molecule has 4 N–H and O–H groups in total. The van der Waals surface area contributed by atoms with Crippen molar-refractivity contribution in [3.8, 4) is 0 Å². The predicted molar refractivity (Wildman–Crippen MR) is 62.5 cm³/mol. The summed E-state index contributed by atoms with van der Waals surface area (Å²) < 4.78 is 0. The van der Waals surface area contributed by atoms with Crippen molar-refractivity contribution in [2.45, 2.75) is 47.0 Å². The molecule has 0 spiro atoms. The Bertz CT molecular complexity index is 193. The summed E-state index contributed by atoms with van der Waals surface area (Å²) in [6.45, 7) is 8.02. The van der Waals surface area contributed by atoms with Gasteiger partial charge in [0.1, 0.15) is 0 Å². The largest absolute Gasteiger partial charge is 0.631 e. The van der Waals surface area contributed by atoms with Crippen LogP contribution in [0, 0.1) is 11.3 Å². The number of carboxylic acid groups (broad SMARTS) is 1. The molecule has 0 aliphatic carbocycles. The molecule has 0 radical (unpaired) electrons. The van der Waals surface area contributed by atoms with Crippen molar-refractivity contribution in [2.24, 2.45) is 11.3 Å². The summed E-state index contributed by atoms with van der Waals surface area (Å²) in [7, 11) is -2.17. The monoisotopic (exact) mass is 234 g/mol. The lowest BCUT2D eigenvalue weighted by atomic mass is 9.81. The standard InChI is InChI=1S/C10H20O2.BH3O3/c1-5-10(4,9(11)12)7-6-8(2)3;2-1(3)4/h8H,5-7H2,1-4H3,(H,11,12);2-4H. The van der Waals surface area contributed by atoms with Gasteiger partial charge in [0.2, 0.25) is 0 Å². The van der Waals surface area contributed by atoms with Crippen molar-refractivity contribution in [1.29, 1.82) is 0 Å². The van der Waals surface area contributed by atoms with Crippen LogP contribution in [-0.4, -0.2) is 33.5 Å². The van der Waals surface area contributed by atoms with Gasteiger partial charge in [0.15, 0.2) is 0 Å². The molecule has 0 aromatic rings. The minimum Gasteiger partial charge on any atom is -0.481 e. The molecule has 0 aliphatic rings. The van der Waals surface area contributed by atoms with Crippen LogP contribution in [0.1, 0.15) is 47.0 Å². The molecule has 96 valence electrons. The predicted octanol–water partition coefficient (Wildman–Crippen LogP) is 0.872. The molecule has 0 bridgehead atoms. The first-order valence-corrected chi connectivity index (χ1v) is 5.43. The Morgan fingerprint density at radius 1 is 1.31 bits per heavy atom. The van der Waals surface area contributed by atoms with E-state index >= 15 is 0 Å². The molecule has 5 nitrogen and oxygen atoms in total. The zero-order chi connectivity index (χ0) is 13.4. The Morgan fingerprint density at radius 3 is 1.88 bits per heavy atom. The van der Waals surface area contributed by atoms with E-state index < -0.39 is 18.7 Å². The highest BCUT2D eigenvalue weighted by atomic mass is 16.5. The molecule has 0 fully saturated rings. The Morgan fingerprint density at radius 2 is 1.69 bits per heavy atom. The number of hydrogen-bond acceptors (Lipinski definition) is 4. The molecule has 1 unspecified atom stereocenters. The Labute approximate surface area is 97.3 Å². The van der Waals surface area contributed by atoms with Gasteiger partial charge in [-0.05, 0) is 32.1 Å². The normalized spacial score (nSPS) is 13.8. The highest BCUT2D eigenvalue weighted by molar-refractivity contribution is 6.30. The van der Waals surface area contributed by atoms with Gasteiger partial charge in [-0.25, -0.2) is 0 Å². The van der Waals surface area contributed by atoms with Crippen LogP contribution < -0.4 is 0 Å². The van der Waals surface area contributed by atoms with Crippen LogP contribution >= 0.6 is 0 Å². The Hall–Kier alpha value is -0.585. The fraction of sp³-hybridized carbons (Fsp3) is 0.900. The number of rotatable bonds is 5. The minimum absolute atomic E-state index is 0.510. The van der Waals surface area contributed by atoms with E-state index in [1.165, 1.54) is 0 Å². The van der Waals surface area contributed by atoms with Crippen molar-refractivity contribution < 1.29 is 25.0 Å². The average Bonchev–Trinajstić information content (AvgIpc) is 2.13. The first-order chi connectivity index (χ1) is 7.15. The van der Waals surface area contributed by atoms with Crippen LogP contribution in [0.4, 0.5) is 0 Å². The molecular weight excluding hydrogens is 211 g/mol. The molecule has 0 saturated heterocycles. The lowest BCUT2D eigenvalue weighted by Gasteiger charge is -2.23. The molecular formula is C10H23BO5. The van der Waals surface area contributed by atoms with Crippen LogP contribution in [0.15, 0.2) is 0 Å². The Balaban J connectivity index is 0. The number of hydrogen-bond donors (Lipinski definition) is 4. The van der Waals surface area contributed by atoms with Crippen LogP contribution in [-0.2, 0) is 4.79 Å². The van der Waals surface area contributed by atoms with Gasteiger partial charge < -0.3 is 20.2 Å². The van der Waals surface area contributed by atoms with Crippen molar-refractivity contribution in [1.82, 2.24) is 0 Å². The van der Waals surface area contributed by atoms with Gasteiger partial charge >= 0.3 is 13.3 Å². The summed E-state index contributed by atoms with van der Waals surface area (Å²) in [5, 5.41) is 30.4. The van der Waals surface area contributed by atoms with Gasteiger partial charge in [-0.15, -0.1) is 0 Å². The van der Waals surface area contributed by atoms with Gasteiger partial charge in [-0.1, -0.05) is 20.8 Å². The van der Waals surface area contributed by atoms with Gasteiger partial charge in [0.05, 0.1) is 5.41 Å². The third-order valence-electron chi connectivity index (χ3n) is 2.57. The van der Waals surface area contributed by atoms with Crippen LogP contribution in [0.25, 0.3) is 0 Å². The maximum absolute atomic E-state index is 10.9. The number of carbonyl (C=O) groups is 1. The molecule has 16 heavy (non-hydrogen) atoms. The van der Waals surface area contributed by atoms with Gasteiger partial charge in [-0.3, -0.25) is 4.79 Å². The molecule has 1 atom stereocenters. The summed E-state index contributed by atoms with van der Waals surface area (Å²) >= 11 is 0. The van der Waals surface area contributed by atoms with Gasteiger partial charge in [0, 0.05) is 0 Å². The second kappa shape index (κ2) is 8.55. The van der Waals surface area contributed by atoms with Gasteiger partial charge in [0.25, 0.3) is 0 Å². The molecule has 0 aromatic carbocycles. The summed E-state index contributed by atoms with van der Waals surface area (Å²) in [5.74, 6) is -0.0686. The maximum atomic E-state index is 10.9. The molecule has 0 saturated carbocycles. The number of carboxylic acids is 1. The van der Waals surface area contributed by atoms with E-state index in [1.54, 1.807) is 0 Å². The van der Waals surface area contributed by atoms with E-state index in [9.17, 15) is 4.79 Å². The fourth-order valence-corrected chi connectivity index (χ4v) is 1.04. The minimum atomic E-state index is -2.17. The Kier molecular flexibility index (Phi) is 9.52. The zero-order valence-corrected chi connectivity index (χ0v) is 10.5. The molecule has 0 rings (SSSR count). The van der Waals surface area contributed by atoms with Crippen molar-refractivity contribution in [3.05, 3.63) is 0 Å². The second-order valence-electron chi connectivity index (χ2n) is 4.50. The molecule has 6 heteroatoms. The van der Waals surface area contributed by atoms with E-state index in [2.05, 4.69) is 13.8 Å². The molecule has 0 aliphatic heterocycles. The van der Waals surface area contributed by atoms with Crippen LogP contribution in [0.3, 0.4) is 0 Å². The van der Waals surface area contributed by atoms with E-state index in [1.807, 2.05) is 13.8 Å². The molecule has 0 amide bonds. The quantitative estimate of drug-likeness (QED) is 0.529. The summed E-state index contributed by atoms with van der Waals surface area (Å²) in [6, 6.07) is 0. The van der Waals surface area contributed by atoms with Crippen molar-refractivity contribution in [2.75, 3.05) is 0 Å². The lowest BCUT2D eigenvalue weighted by Crippen LogP contribution is -2.26. The highest BCUT2D eigenvalue weighted by Gasteiger charge is 2.30. The fourth-order valence-electron chi connectivity index (χ4n) is 1.04. The summed E-state index contributed by atoms with van der Waals surface area (Å²) in [4.78, 5) is 10.9. The molecule has 0 aromatic heterocycles. The zero-order valence-electron chi connectivity index (χ0n) is 10.5. The molecule has 0 heterocycles. The summed E-state index contributed by atoms with van der Waals surface area (Å²) in [6.07, 6.45) is 2.50. The van der Waals surface area contributed by atoms with E-state index in [-0.39, 0.29) is 0 Å². The number of aliphatic carboxylic acids is 1. The van der Waals surface area contributed by atoms with E-state index in [4.69, 9.17) is 20.2 Å². The summed E-state index contributed by atoms with van der Waals surface area (Å²) in [5.41, 5.74) is -0.510. The van der Waals surface area contributed by atoms with E-state index in [0.29, 0.717) is 5.92 Å². The van der Waals surface area contributed by atoms with E-state index in [0.717, 1.165) is 19.3 Å². The highest BCUT2D eigenvalue weighted by Crippen LogP contribution is 2.29. The van der Waals surface area contributed by atoms with Crippen molar-refractivity contribution in [3.63, 3.8) is 0 Å². The average molecular weight is 234 g/mol. The maximum Gasteiger partial charge on any atom is 0.631 e. The van der Waals surface area contributed by atoms with Crippen molar-refractivity contribution >= 4 is 13.3 Å². The SMILES string of the molecule is CCC(C)(CCC(C)C)C(=O)O.OB(O)O. The first-order valence-electron chi connectivity index (χ1n) is 5.43. The van der Waals surface area contributed by atoms with Gasteiger partial charge in [-0.2, -0.15) is 0 Å².